The van der Waals surface area contributed by atoms with Crippen LogP contribution in [0, 0.1) is 0 Å². The third-order valence-corrected chi connectivity index (χ3v) is 5.12. The third-order valence-electron chi connectivity index (χ3n) is 5.12. The summed E-state index contributed by atoms with van der Waals surface area (Å²) in [5, 5.41) is 0.520. The smallest absolute Gasteiger partial charge is 0.258 e. The summed E-state index contributed by atoms with van der Waals surface area (Å²) in [6.07, 6.45) is 2.33. The first-order valence-corrected chi connectivity index (χ1v) is 10.4. The number of rotatable bonds is 9. The van der Waals surface area contributed by atoms with E-state index in [0.29, 0.717) is 28.8 Å². The highest BCUT2D eigenvalue weighted by Gasteiger charge is 2.16. The Kier molecular flexibility index (Phi) is 7.12. The van der Waals surface area contributed by atoms with Gasteiger partial charge in [-0.15, -0.1) is 0 Å². The Labute approximate surface area is 176 Å². The second kappa shape index (κ2) is 9.96. The maximum atomic E-state index is 12.7. The molecule has 3 rings (SSSR count). The van der Waals surface area contributed by atoms with Crippen LogP contribution in [0.1, 0.15) is 54.9 Å². The van der Waals surface area contributed by atoms with E-state index < -0.39 is 0 Å². The van der Waals surface area contributed by atoms with E-state index in [0.717, 1.165) is 12.8 Å². The summed E-state index contributed by atoms with van der Waals surface area (Å²) < 4.78 is 0. The molecule has 2 aromatic carbocycles. The minimum Gasteiger partial charge on any atom is -0.335 e. The maximum absolute atomic E-state index is 12.7. The van der Waals surface area contributed by atoms with E-state index in [1.165, 1.54) is 5.56 Å². The molecule has 0 aliphatic heterocycles. The lowest BCUT2D eigenvalue weighted by Crippen LogP contribution is -2.32. The van der Waals surface area contributed by atoms with Gasteiger partial charge in [-0.2, -0.15) is 0 Å². The van der Waals surface area contributed by atoms with Gasteiger partial charge in [0.2, 0.25) is 5.91 Å². The zero-order valence-corrected chi connectivity index (χ0v) is 17.5. The van der Waals surface area contributed by atoms with Gasteiger partial charge < -0.3 is 9.88 Å². The van der Waals surface area contributed by atoms with Gasteiger partial charge in [-0.05, 0) is 31.0 Å². The van der Waals surface area contributed by atoms with E-state index in [-0.39, 0.29) is 36.6 Å². The lowest BCUT2D eigenvalue weighted by atomic mass is 10.0. The molecule has 0 aliphatic rings. The normalized spacial score (nSPS) is 10.9. The number of carbonyl (C=O) groups excluding carboxylic acids is 2. The molecule has 0 saturated heterocycles. The average molecular weight is 405 g/mol. The maximum Gasteiger partial charge on any atom is 0.258 e. The van der Waals surface area contributed by atoms with Crippen LogP contribution in [0.15, 0.2) is 53.3 Å². The number of benzene rings is 2. The Morgan fingerprint density at radius 3 is 2.43 bits per heavy atom. The average Bonchev–Trinajstić information content (AvgIpc) is 2.76. The molecule has 6 heteroatoms. The molecule has 6 nitrogen and oxygen atoms in total. The predicted molar refractivity (Wildman–Crippen MR) is 117 cm³/mol. The standard InChI is InChI=1S/C24H27N3O3/c1-3-7-17-10-12-18(13-11-17)21(28)14-15-23(29)27(4-2)16-22-25-20-9-6-5-8-19(20)24(30)26-22/h5-6,8-13H,3-4,7,14-16H2,1-2H3,(H,25,26,30). The van der Waals surface area contributed by atoms with Crippen molar-refractivity contribution in [3.05, 3.63) is 75.8 Å². The monoisotopic (exact) mass is 405 g/mol. The van der Waals surface area contributed by atoms with Crippen LogP contribution in [0.25, 0.3) is 10.9 Å². The Hall–Kier alpha value is -3.28. The van der Waals surface area contributed by atoms with Gasteiger partial charge in [0.15, 0.2) is 5.78 Å². The fraction of sp³-hybridized carbons (Fsp3) is 0.333. The van der Waals surface area contributed by atoms with Crippen LogP contribution in [-0.4, -0.2) is 33.1 Å². The highest BCUT2D eigenvalue weighted by molar-refractivity contribution is 5.98. The van der Waals surface area contributed by atoms with E-state index >= 15 is 0 Å². The summed E-state index contributed by atoms with van der Waals surface area (Å²) in [7, 11) is 0. The quantitative estimate of drug-likeness (QED) is 0.548. The number of aromatic amines is 1. The fourth-order valence-electron chi connectivity index (χ4n) is 3.44. The van der Waals surface area contributed by atoms with Gasteiger partial charge in [-0.3, -0.25) is 14.4 Å². The Morgan fingerprint density at radius 1 is 1.00 bits per heavy atom. The first-order valence-electron chi connectivity index (χ1n) is 10.4. The van der Waals surface area contributed by atoms with Crippen LogP contribution in [0.3, 0.4) is 0 Å². The number of hydrogen-bond donors (Lipinski definition) is 1. The zero-order chi connectivity index (χ0) is 21.5. The van der Waals surface area contributed by atoms with Crippen LogP contribution >= 0.6 is 0 Å². The van der Waals surface area contributed by atoms with E-state index in [2.05, 4.69) is 16.9 Å². The van der Waals surface area contributed by atoms with Crippen molar-refractivity contribution < 1.29 is 9.59 Å². The largest absolute Gasteiger partial charge is 0.335 e. The Bertz CT molecular complexity index is 1090. The van der Waals surface area contributed by atoms with Crippen LogP contribution in [0.4, 0.5) is 0 Å². The number of nitrogens with zero attached hydrogens (tertiary/aromatic N) is 2. The fourth-order valence-corrected chi connectivity index (χ4v) is 3.44. The van der Waals surface area contributed by atoms with Crippen molar-refractivity contribution >= 4 is 22.6 Å². The molecule has 1 N–H and O–H groups in total. The number of hydrogen-bond acceptors (Lipinski definition) is 4. The van der Waals surface area contributed by atoms with Crippen LogP contribution in [0.5, 0.6) is 0 Å². The van der Waals surface area contributed by atoms with E-state index in [1.807, 2.05) is 37.3 Å². The van der Waals surface area contributed by atoms with Gasteiger partial charge in [0.25, 0.3) is 5.56 Å². The van der Waals surface area contributed by atoms with Crippen LogP contribution < -0.4 is 5.56 Å². The molecule has 1 aromatic heterocycles. The highest BCUT2D eigenvalue weighted by Crippen LogP contribution is 2.12. The lowest BCUT2D eigenvalue weighted by molar-refractivity contribution is -0.131. The summed E-state index contributed by atoms with van der Waals surface area (Å²) in [6, 6.07) is 14.7. The minimum atomic E-state index is -0.221. The summed E-state index contributed by atoms with van der Waals surface area (Å²) >= 11 is 0. The molecular weight excluding hydrogens is 378 g/mol. The molecule has 0 spiro atoms. The van der Waals surface area contributed by atoms with Crippen molar-refractivity contribution in [3.8, 4) is 0 Å². The molecule has 1 heterocycles. The molecule has 0 unspecified atom stereocenters. The SMILES string of the molecule is CCCc1ccc(C(=O)CCC(=O)N(CC)Cc2nc3ccccc3c(=O)[nH]2)cc1. The zero-order valence-electron chi connectivity index (χ0n) is 17.5. The van der Waals surface area contributed by atoms with Crippen LogP contribution in [-0.2, 0) is 17.8 Å². The molecule has 1 amide bonds. The Morgan fingerprint density at radius 2 is 1.73 bits per heavy atom. The van der Waals surface area contributed by atoms with Crippen LogP contribution in [0.2, 0.25) is 0 Å². The molecule has 0 fully saturated rings. The number of para-hydroxylation sites is 1. The molecular formula is C24H27N3O3. The number of H-pyrrole nitrogens is 1. The second-order valence-corrected chi connectivity index (χ2v) is 7.31. The highest BCUT2D eigenvalue weighted by atomic mass is 16.2. The number of carbonyl (C=O) groups is 2. The number of amides is 1. The lowest BCUT2D eigenvalue weighted by Gasteiger charge is -2.20. The molecule has 0 radical (unpaired) electrons. The molecule has 0 atom stereocenters. The van der Waals surface area contributed by atoms with Crippen molar-refractivity contribution in [3.63, 3.8) is 0 Å². The van der Waals surface area contributed by atoms with Gasteiger partial charge in [0.05, 0.1) is 17.4 Å². The molecule has 156 valence electrons. The molecule has 0 saturated carbocycles. The second-order valence-electron chi connectivity index (χ2n) is 7.31. The minimum absolute atomic E-state index is 0.0420. The van der Waals surface area contributed by atoms with E-state index in [9.17, 15) is 14.4 Å². The van der Waals surface area contributed by atoms with Crippen molar-refractivity contribution in [2.45, 2.75) is 46.1 Å². The van der Waals surface area contributed by atoms with Gasteiger partial charge in [0, 0.05) is 24.9 Å². The number of fused-ring (bicyclic) bond motifs is 1. The number of aryl methyl sites for hydroxylation is 1. The summed E-state index contributed by atoms with van der Waals surface area (Å²) in [5.41, 5.74) is 2.22. The number of ketones is 1. The summed E-state index contributed by atoms with van der Waals surface area (Å²) in [5.74, 6) is 0.260. The van der Waals surface area contributed by atoms with Gasteiger partial charge in [-0.25, -0.2) is 4.98 Å². The number of aromatic nitrogens is 2. The molecule has 0 bridgehead atoms. The third kappa shape index (κ3) is 5.20. The van der Waals surface area contributed by atoms with Gasteiger partial charge in [0.1, 0.15) is 5.82 Å². The van der Waals surface area contributed by atoms with Gasteiger partial charge >= 0.3 is 0 Å². The van der Waals surface area contributed by atoms with Crippen molar-refractivity contribution in [2.24, 2.45) is 0 Å². The molecule has 0 aliphatic carbocycles. The van der Waals surface area contributed by atoms with Gasteiger partial charge in [-0.1, -0.05) is 49.7 Å². The topological polar surface area (TPSA) is 83.1 Å². The predicted octanol–water partition coefficient (Wildman–Crippen LogP) is 3.89. The summed E-state index contributed by atoms with van der Waals surface area (Å²) in [6.45, 7) is 4.66. The number of nitrogens with one attached hydrogen (secondary N) is 1. The molecule has 3 aromatic rings. The van der Waals surface area contributed by atoms with Crippen molar-refractivity contribution in [1.82, 2.24) is 14.9 Å². The van der Waals surface area contributed by atoms with Crippen molar-refractivity contribution in [1.29, 1.82) is 0 Å². The first-order chi connectivity index (χ1) is 14.5. The number of Topliss-reactive ketones (excluding diaryl/α,β-unsaturated/α-hetero) is 1. The van der Waals surface area contributed by atoms with Crippen molar-refractivity contribution in [2.75, 3.05) is 6.54 Å². The summed E-state index contributed by atoms with van der Waals surface area (Å²) in [4.78, 5) is 46.1. The Balaban J connectivity index is 1.62. The first kappa shape index (κ1) is 21.4. The van der Waals surface area contributed by atoms with E-state index in [4.69, 9.17) is 0 Å². The van der Waals surface area contributed by atoms with E-state index in [1.54, 1.807) is 23.1 Å². The molecule has 30 heavy (non-hydrogen) atoms.